The van der Waals surface area contributed by atoms with Crippen LogP contribution in [-0.4, -0.2) is 176 Å². The Morgan fingerprint density at radius 1 is 0.320 bits per heavy atom. The average Bonchev–Trinajstić information content (AvgIpc) is 0.812. The molecule has 0 saturated carbocycles. The number of carbonyl (C=O) groups excluding carboxylic acids is 8. The first-order valence-corrected chi connectivity index (χ1v) is 42.2. The lowest BCUT2D eigenvalue weighted by Crippen LogP contribution is -2.49. The number of rotatable bonds is 18. The summed E-state index contributed by atoms with van der Waals surface area (Å²) >= 11 is 44.3. The van der Waals surface area contributed by atoms with E-state index in [9.17, 15) is 38.4 Å². The van der Waals surface area contributed by atoms with Crippen LogP contribution in [0.5, 0.6) is 0 Å². The van der Waals surface area contributed by atoms with Gasteiger partial charge >= 0.3 is 0 Å². The molecule has 8 aromatic carbocycles. The molecule has 0 spiro atoms. The van der Waals surface area contributed by atoms with Gasteiger partial charge in [0.25, 0.3) is 47.3 Å². The van der Waals surface area contributed by atoms with E-state index in [0.717, 1.165) is 24.3 Å². The lowest BCUT2D eigenvalue weighted by molar-refractivity contribution is 0.0613. The number of piperazine rings is 2. The van der Waals surface area contributed by atoms with Crippen molar-refractivity contribution in [2.24, 2.45) is 0 Å². The number of aliphatic hydroxyl groups excluding tert-OH is 1. The van der Waals surface area contributed by atoms with Crippen molar-refractivity contribution < 1.29 is 43.5 Å². The number of pyridine rings is 4. The van der Waals surface area contributed by atoms with Crippen LogP contribution < -0.4 is 31.9 Å². The van der Waals surface area contributed by atoms with Gasteiger partial charge in [0, 0.05) is 168 Å². The highest BCUT2D eigenvalue weighted by Crippen LogP contribution is 2.35. The zero-order chi connectivity index (χ0) is 89.7. The predicted molar refractivity (Wildman–Crippen MR) is 499 cm³/mol. The minimum atomic E-state index is -0.393. The number of halogens is 7. The van der Waals surface area contributed by atoms with Gasteiger partial charge in [-0.3, -0.25) is 63.2 Å². The molecule has 0 unspecified atom stereocenters. The molecule has 12 aromatic rings. The standard InChI is InChI=1S/C25H24Cl2N4O3.C24H22Cl2N4O2.C23H21Cl2N3O2.C23H22ClN3O2/c26-21-7-5-18(16-20(21)23-3-1-2-8-28-23)29-24(33)19-6-4-17(15-22(19)27)25(34)31-11-9-30(10-12-31)13-14-32;1-29-10-12-30(13-11-29)24(32)16-5-7-18(21(26)14-16)23(31)28-17-6-8-20(25)19(15-17)22-4-2-3-9-27-22;1-23(2,3)28-21(29)14-7-9-16(19(25)12-14)22(30)27-15-8-10-18(24)17(13-15)20-6-4-5-11-26-20;1-23(2,3)27-22(29)16-9-7-15(8-10-16)21(28)26-17-11-12-19(24)18(14-17)20-6-4-5-13-25-20/h1-8,15-16,32H,9-14H2,(H,29,33);2-9,14-15H,10-13H2,1H3,(H,28,31);4-13H,1-3H3,(H,27,30)(H,28,29);4-14H,1-3H3,(H,26,28)(H,27,29). The monoisotopic (exact) mass is 1810 g/mol. The maximum Gasteiger partial charge on any atom is 0.257 e. The van der Waals surface area contributed by atoms with Crippen molar-refractivity contribution in [2.75, 3.05) is 93.8 Å². The molecule has 7 N–H and O–H groups in total. The Hall–Kier alpha value is -12.0. The van der Waals surface area contributed by atoms with E-state index in [-0.39, 0.29) is 84.9 Å². The SMILES string of the molecule is CC(C)(C)NC(=O)c1ccc(C(=O)Nc2ccc(Cl)c(-c3ccccn3)c2)c(Cl)c1.CC(C)(C)NC(=O)c1ccc(C(=O)Nc2ccc(Cl)c(-c3ccccn3)c2)cc1.CN1CCN(C(=O)c2ccc(C(=O)Nc3ccc(Cl)c(-c4ccccn4)c3)c(Cl)c2)CC1.O=C(Nc1ccc(Cl)c(-c2ccccn2)c1)c1ccc(C(=O)N2CCN(CCO)CC2)cc1Cl. The Morgan fingerprint density at radius 3 is 0.896 bits per heavy atom. The summed E-state index contributed by atoms with van der Waals surface area (Å²) in [5.41, 5.74) is 10.3. The van der Waals surface area contributed by atoms with Crippen molar-refractivity contribution in [3.8, 4) is 45.0 Å². The first-order chi connectivity index (χ1) is 59.7. The minimum Gasteiger partial charge on any atom is -0.395 e. The first-order valence-electron chi connectivity index (χ1n) is 39.6. The molecular weight excluding hydrogens is 1730 g/mol. The van der Waals surface area contributed by atoms with E-state index >= 15 is 0 Å². The molecule has 14 rings (SSSR count). The fourth-order valence-corrected chi connectivity index (χ4v) is 14.5. The molecule has 23 nitrogen and oxygen atoms in total. The highest BCUT2D eigenvalue weighted by Gasteiger charge is 2.27. The molecule has 2 aliphatic heterocycles. The van der Waals surface area contributed by atoms with Crippen LogP contribution >= 0.6 is 81.2 Å². The number of amides is 8. The molecule has 30 heteroatoms. The zero-order valence-electron chi connectivity index (χ0n) is 69.2. The van der Waals surface area contributed by atoms with Crippen LogP contribution in [0.1, 0.15) is 124 Å². The molecular formula is C95H89Cl7N14O9. The van der Waals surface area contributed by atoms with Gasteiger partial charge in [-0.05, 0) is 249 Å². The van der Waals surface area contributed by atoms with Crippen molar-refractivity contribution in [2.45, 2.75) is 52.6 Å². The quantitative estimate of drug-likeness (QED) is 0.0420. The summed E-state index contributed by atoms with van der Waals surface area (Å²) in [5, 5.41) is 28.9. The van der Waals surface area contributed by atoms with Gasteiger partial charge in [-0.2, -0.15) is 0 Å². The minimum absolute atomic E-state index is 0.0790. The smallest absolute Gasteiger partial charge is 0.257 e. The van der Waals surface area contributed by atoms with Crippen LogP contribution in [-0.2, 0) is 0 Å². The van der Waals surface area contributed by atoms with Crippen LogP contribution in [0, 0.1) is 0 Å². The van der Waals surface area contributed by atoms with Crippen LogP contribution in [0.2, 0.25) is 35.2 Å². The van der Waals surface area contributed by atoms with Gasteiger partial charge in [0.15, 0.2) is 0 Å². The second kappa shape index (κ2) is 43.6. The highest BCUT2D eigenvalue weighted by atomic mass is 35.5. The van der Waals surface area contributed by atoms with Crippen molar-refractivity contribution in [1.82, 2.24) is 50.2 Å². The summed E-state index contributed by atoms with van der Waals surface area (Å²) in [4.78, 5) is 126. The van der Waals surface area contributed by atoms with Crippen molar-refractivity contribution in [3.63, 3.8) is 0 Å². The molecule has 0 atom stereocenters. The van der Waals surface area contributed by atoms with Crippen molar-refractivity contribution in [3.05, 3.63) is 329 Å². The molecule has 0 bridgehead atoms. The van der Waals surface area contributed by atoms with Gasteiger partial charge in [-0.15, -0.1) is 0 Å². The number of anilines is 4. The fraction of sp³-hybridized carbons (Fsp3) is 0.200. The topological polar surface area (TPSA) is 293 Å². The van der Waals surface area contributed by atoms with Gasteiger partial charge in [-0.1, -0.05) is 105 Å². The van der Waals surface area contributed by atoms with Gasteiger partial charge in [-0.25, -0.2) is 0 Å². The lowest BCUT2D eigenvalue weighted by Gasteiger charge is -2.34. The Labute approximate surface area is 759 Å². The number of aromatic nitrogens is 4. The molecule has 125 heavy (non-hydrogen) atoms. The molecule has 0 aliphatic carbocycles. The third-order valence-electron chi connectivity index (χ3n) is 19.3. The summed E-state index contributed by atoms with van der Waals surface area (Å²) in [6.07, 6.45) is 6.72. The number of β-amino-alcohol motifs (C(OH)–C–C–N with tert-alkyl or cyclic N) is 1. The number of aliphatic hydroxyl groups is 1. The van der Waals surface area contributed by atoms with Gasteiger partial charge < -0.3 is 51.7 Å². The number of nitrogens with zero attached hydrogens (tertiary/aromatic N) is 8. The molecule has 6 heterocycles. The maximum atomic E-state index is 12.9. The van der Waals surface area contributed by atoms with E-state index in [2.05, 4.69) is 61.6 Å². The normalized spacial score (nSPS) is 12.7. The van der Waals surface area contributed by atoms with E-state index in [1.54, 1.807) is 168 Å². The summed E-state index contributed by atoms with van der Waals surface area (Å²) < 4.78 is 0. The molecule has 4 aromatic heterocycles. The molecule has 2 aliphatic rings. The number of carbonyl (C=O) groups is 8. The molecule has 2 saturated heterocycles. The zero-order valence-corrected chi connectivity index (χ0v) is 74.5. The van der Waals surface area contributed by atoms with Crippen LogP contribution in [0.25, 0.3) is 45.0 Å². The van der Waals surface area contributed by atoms with E-state index in [1.165, 1.54) is 18.2 Å². The Morgan fingerprint density at radius 2 is 0.600 bits per heavy atom. The maximum absolute atomic E-state index is 12.9. The van der Waals surface area contributed by atoms with Crippen molar-refractivity contribution >= 4 is 151 Å². The number of nitrogens with one attached hydrogen (secondary N) is 6. The first kappa shape index (κ1) is 93.7. The van der Waals surface area contributed by atoms with Crippen molar-refractivity contribution in [1.29, 1.82) is 0 Å². The predicted octanol–water partition coefficient (Wildman–Crippen LogP) is 19.8. The molecule has 2 fully saturated rings. The lowest BCUT2D eigenvalue weighted by atomic mass is 10.1. The Bertz CT molecular complexity index is 5880. The van der Waals surface area contributed by atoms with E-state index in [0.29, 0.717) is 150 Å². The van der Waals surface area contributed by atoms with Crippen LogP contribution in [0.15, 0.2) is 249 Å². The third-order valence-corrected chi connectivity index (χ3v) is 21.6. The number of benzene rings is 8. The van der Waals surface area contributed by atoms with E-state index < -0.39 is 11.8 Å². The Kier molecular flexibility index (Phi) is 32.7. The number of likely N-dealkylation sites (N-methyl/N-ethyl adjacent to an activating group) is 1. The van der Waals surface area contributed by atoms with E-state index in [4.69, 9.17) is 86.3 Å². The van der Waals surface area contributed by atoms with Gasteiger partial charge in [0.1, 0.15) is 0 Å². The van der Waals surface area contributed by atoms with Crippen LogP contribution in [0.3, 0.4) is 0 Å². The largest absolute Gasteiger partial charge is 0.395 e. The van der Waals surface area contributed by atoms with Gasteiger partial charge in [0.05, 0.1) is 81.2 Å². The highest BCUT2D eigenvalue weighted by molar-refractivity contribution is 6.37. The average molecular weight is 1820 g/mol. The number of hydrogen-bond acceptors (Lipinski definition) is 15. The summed E-state index contributed by atoms with van der Waals surface area (Å²) in [6, 6.07) is 63.5. The molecule has 8 amide bonds. The third kappa shape index (κ3) is 26.5. The Balaban J connectivity index is 0.000000162. The summed E-state index contributed by atoms with van der Waals surface area (Å²) in [6.45, 7) is 17.7. The van der Waals surface area contributed by atoms with E-state index in [1.807, 2.05) is 121 Å². The second-order valence-electron chi connectivity index (χ2n) is 31.0. The fourth-order valence-electron chi connectivity index (χ4n) is 12.9. The number of hydrogen-bond donors (Lipinski definition) is 7. The summed E-state index contributed by atoms with van der Waals surface area (Å²) in [5.74, 6) is -2.07. The second-order valence-corrected chi connectivity index (χ2v) is 33.8. The van der Waals surface area contributed by atoms with Crippen LogP contribution in [0.4, 0.5) is 22.7 Å². The molecule has 642 valence electrons. The summed E-state index contributed by atoms with van der Waals surface area (Å²) in [7, 11) is 2.03. The van der Waals surface area contributed by atoms with Gasteiger partial charge in [0.2, 0.25) is 0 Å². The molecule has 0 radical (unpaired) electrons.